The first-order valence-electron chi connectivity index (χ1n) is 9.73. The summed E-state index contributed by atoms with van der Waals surface area (Å²) in [4.78, 5) is 11.6. The lowest BCUT2D eigenvalue weighted by Crippen LogP contribution is -2.15. The maximum absolute atomic E-state index is 11.6. The predicted molar refractivity (Wildman–Crippen MR) is 97.3 cm³/mol. The lowest BCUT2D eigenvalue weighted by atomic mass is 9.93. The van der Waals surface area contributed by atoms with Crippen molar-refractivity contribution in [1.82, 2.24) is 0 Å². The minimum Gasteiger partial charge on any atom is -0.472 e. The largest absolute Gasteiger partial charge is 0.472 e. The Morgan fingerprint density at radius 3 is 2.96 bits per heavy atom. The van der Waals surface area contributed by atoms with Crippen LogP contribution in [0.5, 0.6) is 0 Å². The second kappa shape index (κ2) is 8.87. The Bertz CT molecular complexity index is 606. The number of carbonyl (C=O) groups is 1. The van der Waals surface area contributed by atoms with E-state index in [-0.39, 0.29) is 30.4 Å². The van der Waals surface area contributed by atoms with Gasteiger partial charge in [0.25, 0.3) is 0 Å². The number of furan rings is 1. The molecule has 2 aliphatic heterocycles. The molecule has 0 aromatic carbocycles. The molecular formula is C21H30O5. The summed E-state index contributed by atoms with van der Waals surface area (Å²) in [6, 6.07) is 2.01. The molecule has 0 bridgehead atoms. The molecule has 0 unspecified atom stereocenters. The monoisotopic (exact) mass is 362 g/mol. The quantitative estimate of drug-likeness (QED) is 0.366. The summed E-state index contributed by atoms with van der Waals surface area (Å²) in [5.74, 6) is 0.271. The third kappa shape index (κ3) is 5.45. The lowest BCUT2D eigenvalue weighted by Gasteiger charge is -2.17. The summed E-state index contributed by atoms with van der Waals surface area (Å²) >= 11 is 0. The van der Waals surface area contributed by atoms with Gasteiger partial charge in [0.05, 0.1) is 24.5 Å². The van der Waals surface area contributed by atoms with Gasteiger partial charge in [0.2, 0.25) is 6.29 Å². The molecule has 5 nitrogen and oxygen atoms in total. The lowest BCUT2D eigenvalue weighted by molar-refractivity contribution is -0.151. The van der Waals surface area contributed by atoms with Crippen LogP contribution >= 0.6 is 0 Å². The van der Waals surface area contributed by atoms with E-state index in [4.69, 9.17) is 13.9 Å². The Kier molecular flexibility index (Phi) is 6.54. The van der Waals surface area contributed by atoms with Crippen LogP contribution in [0.15, 0.2) is 34.7 Å². The van der Waals surface area contributed by atoms with E-state index in [1.54, 1.807) is 12.5 Å². The highest BCUT2D eigenvalue weighted by Gasteiger charge is 2.57. The van der Waals surface area contributed by atoms with Gasteiger partial charge < -0.3 is 19.0 Å². The van der Waals surface area contributed by atoms with Crippen LogP contribution in [0.2, 0.25) is 0 Å². The average molecular weight is 362 g/mol. The molecule has 0 saturated carbocycles. The Balaban J connectivity index is 1.29. The van der Waals surface area contributed by atoms with Crippen molar-refractivity contribution in [3.8, 4) is 0 Å². The first kappa shape index (κ1) is 19.2. The smallest absolute Gasteiger partial charge is 0.314 e. The third-order valence-corrected chi connectivity index (χ3v) is 5.36. The molecule has 2 aliphatic rings. The zero-order valence-corrected chi connectivity index (χ0v) is 15.7. The number of fused-ring (bicyclic) bond motifs is 1. The number of epoxide rings is 1. The normalized spacial score (nSPS) is 27.1. The van der Waals surface area contributed by atoms with Gasteiger partial charge in [-0.2, -0.15) is 0 Å². The summed E-state index contributed by atoms with van der Waals surface area (Å²) in [6.45, 7) is 4.26. The van der Waals surface area contributed by atoms with E-state index in [0.29, 0.717) is 12.3 Å². The number of esters is 1. The zero-order valence-electron chi connectivity index (χ0n) is 15.7. The van der Waals surface area contributed by atoms with Gasteiger partial charge >= 0.3 is 5.97 Å². The van der Waals surface area contributed by atoms with Gasteiger partial charge in [-0.25, -0.2) is 0 Å². The standard InChI is InChI=1S/C21H30O5/c1-14(5-3-7-16-9-10-24-13-16)11-17(22)12-15(2)6-4-8-18-19-21(25-19)26-20(18)23/h6,9-10,13-14,17-19,21-22H,3-5,7-8,11-12H2,1-2H3/b15-6+/t14-,17-,18+,19+,21-/m0/s1. The molecule has 5 heteroatoms. The Morgan fingerprint density at radius 2 is 2.27 bits per heavy atom. The minimum atomic E-state index is -0.303. The second-order valence-corrected chi connectivity index (χ2v) is 7.86. The van der Waals surface area contributed by atoms with Crippen LogP contribution in [-0.2, 0) is 20.7 Å². The van der Waals surface area contributed by atoms with Crippen molar-refractivity contribution in [2.75, 3.05) is 0 Å². The number of hydrogen-bond donors (Lipinski definition) is 1. The number of allylic oxidation sites excluding steroid dienone is 1. The second-order valence-electron chi connectivity index (χ2n) is 7.86. The molecule has 3 rings (SSSR count). The Labute approximate surface area is 155 Å². The summed E-state index contributed by atoms with van der Waals surface area (Å²) in [6.07, 6.45) is 11.4. The third-order valence-electron chi connectivity index (χ3n) is 5.36. The summed E-state index contributed by atoms with van der Waals surface area (Å²) in [5, 5.41) is 10.3. The van der Waals surface area contributed by atoms with Crippen LogP contribution in [0.25, 0.3) is 0 Å². The number of aliphatic hydroxyl groups excluding tert-OH is 1. The molecule has 0 spiro atoms. The van der Waals surface area contributed by atoms with Crippen molar-refractivity contribution in [3.63, 3.8) is 0 Å². The van der Waals surface area contributed by atoms with E-state index < -0.39 is 0 Å². The minimum absolute atomic E-state index is 0.00954. The van der Waals surface area contributed by atoms with E-state index in [0.717, 1.165) is 38.5 Å². The van der Waals surface area contributed by atoms with Crippen molar-refractivity contribution in [2.24, 2.45) is 11.8 Å². The van der Waals surface area contributed by atoms with Gasteiger partial charge in [0.15, 0.2) is 0 Å². The zero-order chi connectivity index (χ0) is 18.5. The predicted octanol–water partition coefficient (Wildman–Crippen LogP) is 4.00. The number of carbonyl (C=O) groups excluding carboxylic acids is 1. The van der Waals surface area contributed by atoms with Crippen LogP contribution in [0, 0.1) is 11.8 Å². The van der Waals surface area contributed by atoms with Crippen molar-refractivity contribution in [1.29, 1.82) is 0 Å². The van der Waals surface area contributed by atoms with Crippen LogP contribution in [0.3, 0.4) is 0 Å². The summed E-state index contributed by atoms with van der Waals surface area (Å²) in [7, 11) is 0. The summed E-state index contributed by atoms with van der Waals surface area (Å²) in [5.41, 5.74) is 2.42. The average Bonchev–Trinajstić information content (AvgIpc) is 3.00. The van der Waals surface area contributed by atoms with Crippen molar-refractivity contribution >= 4 is 5.97 Å². The van der Waals surface area contributed by atoms with E-state index in [1.165, 1.54) is 11.1 Å². The number of aliphatic hydroxyl groups is 1. The number of hydrogen-bond acceptors (Lipinski definition) is 5. The van der Waals surface area contributed by atoms with Crippen molar-refractivity contribution < 1.29 is 23.8 Å². The molecule has 26 heavy (non-hydrogen) atoms. The van der Waals surface area contributed by atoms with Gasteiger partial charge in [-0.15, -0.1) is 0 Å². The molecule has 0 aliphatic carbocycles. The topological polar surface area (TPSA) is 72.2 Å². The maximum atomic E-state index is 11.6. The SMILES string of the molecule is C/C(=C\CC[C@H]1C(=O)O[C@@H]2O[C@@H]21)C[C@@H](O)C[C@@H](C)CCCc1ccoc1. The molecule has 1 N–H and O–H groups in total. The van der Waals surface area contributed by atoms with E-state index in [2.05, 4.69) is 19.9 Å². The molecule has 3 heterocycles. The van der Waals surface area contributed by atoms with Crippen LogP contribution < -0.4 is 0 Å². The molecule has 1 aromatic rings. The fourth-order valence-corrected chi connectivity index (χ4v) is 3.83. The van der Waals surface area contributed by atoms with Gasteiger partial charge in [0, 0.05) is 0 Å². The van der Waals surface area contributed by atoms with Crippen LogP contribution in [-0.4, -0.2) is 29.6 Å². The van der Waals surface area contributed by atoms with Crippen molar-refractivity contribution in [3.05, 3.63) is 35.8 Å². The van der Waals surface area contributed by atoms with Gasteiger partial charge in [-0.1, -0.05) is 25.0 Å². The number of ether oxygens (including phenoxy) is 2. The van der Waals surface area contributed by atoms with Crippen LogP contribution in [0.1, 0.15) is 57.9 Å². The molecule has 5 atom stereocenters. The van der Waals surface area contributed by atoms with E-state index in [1.807, 2.05) is 6.07 Å². The molecule has 2 fully saturated rings. The van der Waals surface area contributed by atoms with Crippen LogP contribution in [0.4, 0.5) is 0 Å². The molecule has 0 radical (unpaired) electrons. The molecular weight excluding hydrogens is 332 g/mol. The van der Waals surface area contributed by atoms with Crippen molar-refractivity contribution in [2.45, 2.75) is 77.3 Å². The first-order valence-corrected chi connectivity index (χ1v) is 9.73. The highest BCUT2D eigenvalue weighted by atomic mass is 16.8. The fraction of sp³-hybridized carbons (Fsp3) is 0.667. The molecule has 1 aromatic heterocycles. The molecule has 0 amide bonds. The Morgan fingerprint density at radius 1 is 1.42 bits per heavy atom. The van der Waals surface area contributed by atoms with E-state index >= 15 is 0 Å². The maximum Gasteiger partial charge on any atom is 0.314 e. The van der Waals surface area contributed by atoms with Gasteiger partial charge in [-0.05, 0) is 63.0 Å². The highest BCUT2D eigenvalue weighted by molar-refractivity contribution is 5.76. The number of rotatable bonds is 11. The fourth-order valence-electron chi connectivity index (χ4n) is 3.83. The van der Waals surface area contributed by atoms with Gasteiger partial charge in [-0.3, -0.25) is 4.79 Å². The Hall–Kier alpha value is -1.59. The number of aryl methyl sites for hydroxylation is 1. The van der Waals surface area contributed by atoms with E-state index in [9.17, 15) is 9.90 Å². The first-order chi connectivity index (χ1) is 12.5. The highest BCUT2D eigenvalue weighted by Crippen LogP contribution is 2.40. The molecule has 2 saturated heterocycles. The van der Waals surface area contributed by atoms with Gasteiger partial charge in [0.1, 0.15) is 6.10 Å². The molecule has 144 valence electrons. The summed E-state index contributed by atoms with van der Waals surface area (Å²) < 4.78 is 15.4.